The number of hydrogen-bond donors (Lipinski definition) is 0. The molecule has 0 radical (unpaired) electrons. The first-order valence-electron chi connectivity index (χ1n) is 9.31. The van der Waals surface area contributed by atoms with Gasteiger partial charge < -0.3 is 0 Å². The minimum Gasteiger partial charge on any atom is -0.267 e. The summed E-state index contributed by atoms with van der Waals surface area (Å²) in [5.41, 5.74) is 4.98. The highest BCUT2D eigenvalue weighted by atomic mass is 35.5. The van der Waals surface area contributed by atoms with E-state index in [2.05, 4.69) is 5.10 Å². The Morgan fingerprint density at radius 1 is 0.759 bits per heavy atom. The lowest BCUT2D eigenvalue weighted by atomic mass is 10.0. The Morgan fingerprint density at radius 2 is 1.34 bits per heavy atom. The summed E-state index contributed by atoms with van der Waals surface area (Å²) < 4.78 is 1.46. The molecule has 0 amide bonds. The lowest BCUT2D eigenvalue weighted by Crippen LogP contribution is -2.19. The first kappa shape index (κ1) is 18.9. The topological polar surface area (TPSA) is 34.4 Å². The molecule has 0 atom stereocenters. The molecule has 0 unspecified atom stereocenters. The summed E-state index contributed by atoms with van der Waals surface area (Å²) in [4.78, 5) is 13.1. The Labute approximate surface area is 174 Å². The van der Waals surface area contributed by atoms with Crippen LogP contribution in [0.25, 0.3) is 22.4 Å². The lowest BCUT2D eigenvalue weighted by molar-refractivity contribution is 0.837. The molecule has 3 nitrogen and oxygen atoms in total. The Balaban J connectivity index is 1.90. The van der Waals surface area contributed by atoms with Crippen molar-refractivity contribution in [2.45, 2.75) is 6.92 Å². The number of nitrogens with zero attached hydrogens (tertiary/aromatic N) is 2. The normalized spacial score (nSPS) is 11.4. The second-order valence-corrected chi connectivity index (χ2v) is 7.14. The second kappa shape index (κ2) is 8.29. The predicted octanol–water partition coefficient (Wildman–Crippen LogP) is 6.11. The van der Waals surface area contributed by atoms with Gasteiger partial charge >= 0.3 is 0 Å². The summed E-state index contributed by atoms with van der Waals surface area (Å²) in [6, 6.07) is 30.8. The summed E-state index contributed by atoms with van der Waals surface area (Å²) in [6.45, 7) is 1.88. The van der Waals surface area contributed by atoms with Gasteiger partial charge in [-0.1, -0.05) is 84.4 Å². The van der Waals surface area contributed by atoms with E-state index < -0.39 is 0 Å². The summed E-state index contributed by atoms with van der Waals surface area (Å²) in [5.74, 6) is 0. The van der Waals surface area contributed by atoms with Gasteiger partial charge in [0.25, 0.3) is 5.56 Å². The van der Waals surface area contributed by atoms with E-state index in [1.165, 1.54) is 4.68 Å². The van der Waals surface area contributed by atoms with E-state index in [-0.39, 0.29) is 5.56 Å². The van der Waals surface area contributed by atoms with Gasteiger partial charge in [-0.05, 0) is 41.8 Å². The summed E-state index contributed by atoms with van der Waals surface area (Å²) in [6.07, 6.45) is 0. The van der Waals surface area contributed by atoms with E-state index >= 15 is 0 Å². The van der Waals surface area contributed by atoms with Gasteiger partial charge in [-0.25, -0.2) is 0 Å². The molecule has 1 heterocycles. The van der Waals surface area contributed by atoms with Crippen LogP contribution in [0.5, 0.6) is 0 Å². The molecule has 29 heavy (non-hydrogen) atoms. The van der Waals surface area contributed by atoms with Gasteiger partial charge in [-0.3, -0.25) is 4.79 Å². The van der Waals surface area contributed by atoms with Crippen LogP contribution in [0.15, 0.2) is 107 Å². The molecule has 4 aromatic rings. The molecule has 0 aliphatic rings. The highest BCUT2D eigenvalue weighted by Gasteiger charge is 2.11. The van der Waals surface area contributed by atoms with E-state index in [1.54, 1.807) is 6.07 Å². The molecule has 142 valence electrons. The summed E-state index contributed by atoms with van der Waals surface area (Å²) in [5, 5.41) is 5.31. The van der Waals surface area contributed by atoms with Crippen molar-refractivity contribution in [2.75, 3.05) is 0 Å². The van der Waals surface area contributed by atoms with Gasteiger partial charge in [-0.15, -0.1) is 0 Å². The molecule has 0 saturated carbocycles. The lowest BCUT2D eigenvalue weighted by Gasteiger charge is -2.12. The molecule has 4 rings (SSSR count). The van der Waals surface area contributed by atoms with Crippen LogP contribution in [0.3, 0.4) is 0 Å². The van der Waals surface area contributed by atoms with Crippen LogP contribution < -0.4 is 5.56 Å². The molecule has 0 N–H and O–H groups in total. The number of aromatic nitrogens is 1. The molecule has 1 aromatic heterocycles. The Morgan fingerprint density at radius 3 is 1.97 bits per heavy atom. The molecule has 0 aliphatic heterocycles. The molecule has 3 aromatic carbocycles. The van der Waals surface area contributed by atoms with Crippen molar-refractivity contribution in [3.05, 3.63) is 118 Å². The van der Waals surface area contributed by atoms with Crippen LogP contribution in [-0.2, 0) is 0 Å². The SMILES string of the molecule is C/C(=N\n1c(-c2ccccc2)cc(-c2ccccc2)cc1=O)c1ccc(Cl)cc1. The second-order valence-electron chi connectivity index (χ2n) is 6.70. The fourth-order valence-electron chi connectivity index (χ4n) is 3.18. The van der Waals surface area contributed by atoms with Crippen molar-refractivity contribution in [2.24, 2.45) is 5.10 Å². The van der Waals surface area contributed by atoms with E-state index in [1.807, 2.05) is 97.9 Å². The van der Waals surface area contributed by atoms with E-state index in [0.717, 1.165) is 33.7 Å². The maximum Gasteiger partial charge on any atom is 0.272 e. The highest BCUT2D eigenvalue weighted by molar-refractivity contribution is 6.30. The minimum absolute atomic E-state index is 0.182. The van der Waals surface area contributed by atoms with Crippen LogP contribution >= 0.6 is 11.6 Å². The van der Waals surface area contributed by atoms with E-state index in [9.17, 15) is 4.79 Å². The van der Waals surface area contributed by atoms with Crippen LogP contribution in [0, 0.1) is 0 Å². The number of pyridine rings is 1. The zero-order valence-corrected chi connectivity index (χ0v) is 16.7. The average molecular weight is 399 g/mol. The van der Waals surface area contributed by atoms with E-state index in [4.69, 9.17) is 11.6 Å². The molecular weight excluding hydrogens is 380 g/mol. The molecule has 0 bridgehead atoms. The first-order valence-corrected chi connectivity index (χ1v) is 9.69. The fourth-order valence-corrected chi connectivity index (χ4v) is 3.30. The number of benzene rings is 3. The molecule has 0 spiro atoms. The molecule has 0 aliphatic carbocycles. The van der Waals surface area contributed by atoms with Gasteiger partial charge in [0, 0.05) is 16.7 Å². The third kappa shape index (κ3) is 4.20. The predicted molar refractivity (Wildman–Crippen MR) is 121 cm³/mol. The Bertz CT molecular complexity index is 1210. The van der Waals surface area contributed by atoms with Crippen LogP contribution in [0.4, 0.5) is 0 Å². The smallest absolute Gasteiger partial charge is 0.267 e. The third-order valence-electron chi connectivity index (χ3n) is 4.70. The van der Waals surface area contributed by atoms with Gasteiger partial charge in [-0.2, -0.15) is 9.78 Å². The quantitative estimate of drug-likeness (QED) is 0.382. The van der Waals surface area contributed by atoms with Crippen molar-refractivity contribution < 1.29 is 0 Å². The fraction of sp³-hybridized carbons (Fsp3) is 0.0400. The Hall–Kier alpha value is -3.43. The first-order chi connectivity index (χ1) is 14.1. The molecule has 0 fully saturated rings. The van der Waals surface area contributed by atoms with E-state index in [0.29, 0.717) is 5.02 Å². The van der Waals surface area contributed by atoms with Crippen LogP contribution in [0.1, 0.15) is 12.5 Å². The van der Waals surface area contributed by atoms with Gasteiger partial charge in [0.05, 0.1) is 11.4 Å². The zero-order valence-electron chi connectivity index (χ0n) is 15.9. The largest absolute Gasteiger partial charge is 0.272 e. The van der Waals surface area contributed by atoms with Crippen LogP contribution in [-0.4, -0.2) is 10.4 Å². The molecular formula is C25H19ClN2O. The van der Waals surface area contributed by atoms with Crippen molar-refractivity contribution in [3.63, 3.8) is 0 Å². The summed E-state index contributed by atoms with van der Waals surface area (Å²) in [7, 11) is 0. The van der Waals surface area contributed by atoms with Crippen molar-refractivity contribution in [1.29, 1.82) is 0 Å². The Kier molecular flexibility index (Phi) is 5.41. The van der Waals surface area contributed by atoms with Crippen molar-refractivity contribution in [1.82, 2.24) is 4.68 Å². The number of rotatable bonds is 4. The minimum atomic E-state index is -0.182. The zero-order chi connectivity index (χ0) is 20.2. The van der Waals surface area contributed by atoms with Crippen molar-refractivity contribution in [3.8, 4) is 22.4 Å². The van der Waals surface area contributed by atoms with Crippen molar-refractivity contribution >= 4 is 17.3 Å². The molecule has 4 heteroatoms. The summed E-state index contributed by atoms with van der Waals surface area (Å²) >= 11 is 5.99. The number of hydrogen-bond acceptors (Lipinski definition) is 2. The highest BCUT2D eigenvalue weighted by Crippen LogP contribution is 2.25. The monoisotopic (exact) mass is 398 g/mol. The maximum atomic E-state index is 13.1. The maximum absolute atomic E-state index is 13.1. The number of halogens is 1. The van der Waals surface area contributed by atoms with Crippen LogP contribution in [0.2, 0.25) is 5.02 Å². The standard InChI is InChI=1S/C25H19ClN2O/c1-18(19-12-14-23(26)15-13-19)27-28-24(21-10-6-3-7-11-21)16-22(17-25(28)29)20-8-4-2-5-9-20/h2-17H,1H3/b27-18+. The molecule has 0 saturated heterocycles. The van der Waals surface area contributed by atoms with Gasteiger partial charge in [0.15, 0.2) is 0 Å². The van der Waals surface area contributed by atoms with Gasteiger partial charge in [0.1, 0.15) is 0 Å². The average Bonchev–Trinajstić information content (AvgIpc) is 2.76. The third-order valence-corrected chi connectivity index (χ3v) is 4.95. The van der Waals surface area contributed by atoms with Gasteiger partial charge in [0.2, 0.25) is 0 Å².